The van der Waals surface area contributed by atoms with Crippen LogP contribution in [0.1, 0.15) is 24.1 Å². The Labute approximate surface area is 193 Å². The van der Waals surface area contributed by atoms with Gasteiger partial charge in [-0.15, -0.1) is 0 Å². The Hall–Kier alpha value is -3.19. The molecule has 0 atom stereocenters. The molecular formula is C26H30FN3O3. The van der Waals surface area contributed by atoms with Crippen LogP contribution in [0.5, 0.6) is 5.75 Å². The van der Waals surface area contributed by atoms with Crippen molar-refractivity contribution < 1.29 is 18.7 Å². The summed E-state index contributed by atoms with van der Waals surface area (Å²) in [5.74, 6) is 0.375. The van der Waals surface area contributed by atoms with Gasteiger partial charge in [-0.2, -0.15) is 5.10 Å². The molecule has 33 heavy (non-hydrogen) atoms. The highest BCUT2D eigenvalue weighted by Gasteiger charge is 2.39. The highest BCUT2D eigenvalue weighted by Crippen LogP contribution is 2.36. The second-order valence-corrected chi connectivity index (χ2v) is 8.59. The molecular weight excluding hydrogens is 421 g/mol. The molecule has 1 N–H and O–H groups in total. The standard InChI is InChI=1S/C26H30FN3O3/c1-19-9-13-30(29-19)14-12-28-25(31)26(10-15-33-16-11-26)18-20-3-5-21(6-4-20)23-17-22(27)7-8-24(23)32-2/h3-9,13,17H,10-12,14-16,18H2,1-2H3,(H,28,31). The zero-order chi connectivity index (χ0) is 23.3. The maximum atomic E-state index is 13.8. The van der Waals surface area contributed by atoms with Crippen molar-refractivity contribution in [2.45, 2.75) is 32.7 Å². The predicted octanol–water partition coefficient (Wildman–Crippen LogP) is 4.16. The SMILES string of the molecule is COc1ccc(F)cc1-c1ccc(CC2(C(=O)NCCn3ccc(C)n3)CCOCC2)cc1. The molecule has 0 bridgehead atoms. The monoisotopic (exact) mass is 451 g/mol. The van der Waals surface area contributed by atoms with Gasteiger partial charge in [0.25, 0.3) is 0 Å². The minimum atomic E-state index is -0.504. The van der Waals surface area contributed by atoms with Crippen LogP contribution in [0.4, 0.5) is 4.39 Å². The number of hydrogen-bond donors (Lipinski definition) is 1. The summed E-state index contributed by atoms with van der Waals surface area (Å²) >= 11 is 0. The van der Waals surface area contributed by atoms with Gasteiger partial charge in [-0.25, -0.2) is 4.39 Å². The first-order valence-electron chi connectivity index (χ1n) is 11.3. The van der Waals surface area contributed by atoms with Gasteiger partial charge in [-0.3, -0.25) is 9.48 Å². The average molecular weight is 452 g/mol. The van der Waals surface area contributed by atoms with E-state index in [4.69, 9.17) is 9.47 Å². The number of rotatable bonds is 8. The molecule has 2 aromatic carbocycles. The molecule has 0 radical (unpaired) electrons. The van der Waals surface area contributed by atoms with E-state index in [1.807, 2.05) is 48.1 Å². The van der Waals surface area contributed by atoms with Gasteiger partial charge in [0.2, 0.25) is 5.91 Å². The van der Waals surface area contributed by atoms with Crippen molar-refractivity contribution >= 4 is 5.91 Å². The molecule has 7 heteroatoms. The van der Waals surface area contributed by atoms with Crippen LogP contribution in [0.2, 0.25) is 0 Å². The summed E-state index contributed by atoms with van der Waals surface area (Å²) in [6, 6.07) is 14.4. The zero-order valence-corrected chi connectivity index (χ0v) is 19.1. The molecule has 3 aromatic rings. The van der Waals surface area contributed by atoms with Crippen LogP contribution in [0.15, 0.2) is 54.7 Å². The van der Waals surface area contributed by atoms with Crippen LogP contribution in [0, 0.1) is 18.2 Å². The first kappa shape index (κ1) is 23.0. The Bertz CT molecular complexity index is 1090. The molecule has 174 valence electrons. The summed E-state index contributed by atoms with van der Waals surface area (Å²) in [7, 11) is 1.58. The lowest BCUT2D eigenvalue weighted by Crippen LogP contribution is -2.46. The zero-order valence-electron chi connectivity index (χ0n) is 19.1. The Kier molecular flexibility index (Phi) is 7.08. The van der Waals surface area contributed by atoms with Gasteiger partial charge in [0.1, 0.15) is 11.6 Å². The average Bonchev–Trinajstić information content (AvgIpc) is 3.25. The van der Waals surface area contributed by atoms with Crippen molar-refractivity contribution in [1.29, 1.82) is 0 Å². The number of amides is 1. The van der Waals surface area contributed by atoms with E-state index < -0.39 is 5.41 Å². The Morgan fingerprint density at radius 2 is 1.94 bits per heavy atom. The summed E-state index contributed by atoms with van der Waals surface area (Å²) in [5.41, 5.74) is 3.10. The third-order valence-corrected chi connectivity index (χ3v) is 6.30. The normalized spacial score (nSPS) is 15.2. The molecule has 0 spiro atoms. The van der Waals surface area contributed by atoms with Crippen molar-refractivity contribution in [3.8, 4) is 16.9 Å². The van der Waals surface area contributed by atoms with Crippen LogP contribution in [0.3, 0.4) is 0 Å². The summed E-state index contributed by atoms with van der Waals surface area (Å²) in [5, 5.41) is 7.49. The highest BCUT2D eigenvalue weighted by atomic mass is 19.1. The van der Waals surface area contributed by atoms with Gasteiger partial charge in [-0.05, 0) is 61.6 Å². The first-order chi connectivity index (χ1) is 16.0. The fraction of sp³-hybridized carbons (Fsp3) is 0.385. The molecule has 1 saturated heterocycles. The second-order valence-electron chi connectivity index (χ2n) is 8.59. The number of nitrogens with zero attached hydrogens (tertiary/aromatic N) is 2. The molecule has 1 fully saturated rings. The van der Waals surface area contributed by atoms with Crippen molar-refractivity contribution in [2.75, 3.05) is 26.9 Å². The quantitative estimate of drug-likeness (QED) is 0.559. The molecule has 4 rings (SSSR count). The van der Waals surface area contributed by atoms with Crippen LogP contribution < -0.4 is 10.1 Å². The molecule has 0 saturated carbocycles. The number of hydrogen-bond acceptors (Lipinski definition) is 4. The maximum absolute atomic E-state index is 13.8. The van der Waals surface area contributed by atoms with Gasteiger partial charge in [0, 0.05) is 31.5 Å². The van der Waals surface area contributed by atoms with Crippen LogP contribution in [0.25, 0.3) is 11.1 Å². The number of nitrogens with one attached hydrogen (secondary N) is 1. The summed E-state index contributed by atoms with van der Waals surface area (Å²) < 4.78 is 26.6. The maximum Gasteiger partial charge on any atom is 0.226 e. The number of ether oxygens (including phenoxy) is 2. The lowest BCUT2D eigenvalue weighted by atomic mass is 9.74. The van der Waals surface area contributed by atoms with Crippen LogP contribution in [-0.2, 0) is 22.5 Å². The highest BCUT2D eigenvalue weighted by molar-refractivity contribution is 5.83. The summed E-state index contributed by atoms with van der Waals surface area (Å²) in [6.45, 7) is 4.26. The van der Waals surface area contributed by atoms with Gasteiger partial charge in [0.15, 0.2) is 0 Å². The molecule has 6 nitrogen and oxygen atoms in total. The van der Waals surface area contributed by atoms with Gasteiger partial charge >= 0.3 is 0 Å². The summed E-state index contributed by atoms with van der Waals surface area (Å²) in [6.07, 6.45) is 3.91. The minimum absolute atomic E-state index is 0.0607. The van der Waals surface area contributed by atoms with Crippen LogP contribution >= 0.6 is 0 Å². The fourth-order valence-electron chi connectivity index (χ4n) is 4.40. The second kappa shape index (κ2) is 10.2. The van der Waals surface area contributed by atoms with E-state index >= 15 is 0 Å². The van der Waals surface area contributed by atoms with E-state index in [0.717, 1.165) is 16.8 Å². The van der Waals surface area contributed by atoms with Gasteiger partial charge in [0.05, 0.1) is 24.8 Å². The Morgan fingerprint density at radius 1 is 1.18 bits per heavy atom. The number of carbonyl (C=O) groups is 1. The van der Waals surface area contributed by atoms with Crippen molar-refractivity contribution in [2.24, 2.45) is 5.41 Å². The van der Waals surface area contributed by atoms with E-state index in [-0.39, 0.29) is 11.7 Å². The smallest absolute Gasteiger partial charge is 0.226 e. The number of benzene rings is 2. The fourth-order valence-corrected chi connectivity index (χ4v) is 4.40. The number of aromatic nitrogens is 2. The predicted molar refractivity (Wildman–Crippen MR) is 125 cm³/mol. The minimum Gasteiger partial charge on any atom is -0.496 e. The molecule has 1 aliphatic rings. The van der Waals surface area contributed by atoms with Gasteiger partial charge in [-0.1, -0.05) is 24.3 Å². The molecule has 2 heterocycles. The van der Waals surface area contributed by atoms with E-state index in [1.165, 1.54) is 12.1 Å². The molecule has 1 aliphatic heterocycles. The van der Waals surface area contributed by atoms with E-state index in [9.17, 15) is 9.18 Å². The number of aryl methyl sites for hydroxylation is 1. The third kappa shape index (κ3) is 5.42. The number of carbonyl (C=O) groups excluding carboxylic acids is 1. The third-order valence-electron chi connectivity index (χ3n) is 6.30. The van der Waals surface area contributed by atoms with Crippen molar-refractivity contribution in [1.82, 2.24) is 15.1 Å². The topological polar surface area (TPSA) is 65.4 Å². The van der Waals surface area contributed by atoms with Gasteiger partial charge < -0.3 is 14.8 Å². The Balaban J connectivity index is 1.46. The van der Waals surface area contributed by atoms with Crippen molar-refractivity contribution in [3.63, 3.8) is 0 Å². The largest absolute Gasteiger partial charge is 0.496 e. The summed E-state index contributed by atoms with van der Waals surface area (Å²) in [4.78, 5) is 13.3. The lowest BCUT2D eigenvalue weighted by Gasteiger charge is -2.36. The molecule has 1 aromatic heterocycles. The molecule has 0 aliphatic carbocycles. The lowest BCUT2D eigenvalue weighted by molar-refractivity contribution is -0.136. The van der Waals surface area contributed by atoms with E-state index in [1.54, 1.807) is 13.2 Å². The first-order valence-corrected chi connectivity index (χ1v) is 11.3. The van der Waals surface area contributed by atoms with Crippen molar-refractivity contribution in [3.05, 3.63) is 71.8 Å². The Morgan fingerprint density at radius 3 is 2.61 bits per heavy atom. The number of methoxy groups -OCH3 is 1. The number of halogens is 1. The molecule has 1 amide bonds. The van der Waals surface area contributed by atoms with E-state index in [2.05, 4.69) is 10.4 Å². The van der Waals surface area contributed by atoms with E-state index in [0.29, 0.717) is 56.9 Å². The molecule has 0 unspecified atom stereocenters. The van der Waals surface area contributed by atoms with Crippen LogP contribution in [-0.4, -0.2) is 42.6 Å².